The summed E-state index contributed by atoms with van der Waals surface area (Å²) in [4.78, 5) is 11.6. The van der Waals surface area contributed by atoms with Crippen LogP contribution in [-0.2, 0) is 4.79 Å². The van der Waals surface area contributed by atoms with Gasteiger partial charge in [0.2, 0.25) is 5.91 Å². The van der Waals surface area contributed by atoms with Crippen molar-refractivity contribution >= 4 is 5.91 Å². The number of benzene rings is 1. The molecule has 0 aromatic heterocycles. The van der Waals surface area contributed by atoms with E-state index in [0.717, 1.165) is 5.56 Å². The van der Waals surface area contributed by atoms with Crippen LogP contribution in [0.4, 0.5) is 4.39 Å². The topological polar surface area (TPSA) is 55.1 Å². The lowest BCUT2D eigenvalue weighted by Crippen LogP contribution is -2.39. The fraction of sp³-hybridized carbons (Fsp3) is 0.462. The van der Waals surface area contributed by atoms with Crippen molar-refractivity contribution < 1.29 is 9.18 Å². The molecule has 1 aromatic rings. The van der Waals surface area contributed by atoms with Crippen molar-refractivity contribution in [2.24, 2.45) is 5.73 Å². The van der Waals surface area contributed by atoms with Gasteiger partial charge in [0.05, 0.1) is 6.04 Å². The van der Waals surface area contributed by atoms with Crippen molar-refractivity contribution in [1.29, 1.82) is 0 Å². The summed E-state index contributed by atoms with van der Waals surface area (Å²) in [6.45, 7) is 5.40. The van der Waals surface area contributed by atoms with Crippen LogP contribution in [0.15, 0.2) is 24.3 Å². The third-order valence-corrected chi connectivity index (χ3v) is 2.34. The summed E-state index contributed by atoms with van der Waals surface area (Å²) in [5, 5.41) is 2.79. The number of hydrogen-bond donors (Lipinski definition) is 2. The van der Waals surface area contributed by atoms with E-state index in [4.69, 9.17) is 5.73 Å². The molecule has 3 nitrogen and oxygen atoms in total. The van der Waals surface area contributed by atoms with Gasteiger partial charge in [-0.05, 0) is 38.5 Å². The first kappa shape index (κ1) is 13.6. The number of hydrogen-bond acceptors (Lipinski definition) is 2. The Labute approximate surface area is 101 Å². The Hall–Kier alpha value is -1.42. The highest BCUT2D eigenvalue weighted by Gasteiger charge is 2.18. The summed E-state index contributed by atoms with van der Waals surface area (Å²) < 4.78 is 13.0. The molecule has 17 heavy (non-hydrogen) atoms. The summed E-state index contributed by atoms with van der Waals surface area (Å²) in [5.41, 5.74) is 5.96. The van der Waals surface area contributed by atoms with Gasteiger partial charge in [-0.1, -0.05) is 12.1 Å². The van der Waals surface area contributed by atoms with Crippen LogP contribution in [-0.4, -0.2) is 11.4 Å². The Morgan fingerprint density at radius 2 is 2.18 bits per heavy atom. The summed E-state index contributed by atoms with van der Waals surface area (Å²) in [5.74, 6) is -0.433. The minimum Gasteiger partial charge on any atom is -0.350 e. The highest BCUT2D eigenvalue weighted by Crippen LogP contribution is 2.14. The molecule has 0 fully saturated rings. The molecule has 4 heteroatoms. The molecule has 0 aliphatic heterocycles. The van der Waals surface area contributed by atoms with Crippen molar-refractivity contribution in [1.82, 2.24) is 5.32 Å². The van der Waals surface area contributed by atoms with Crippen LogP contribution in [0.1, 0.15) is 38.8 Å². The lowest BCUT2D eigenvalue weighted by atomic mass is 10.0. The lowest BCUT2D eigenvalue weighted by Gasteiger charge is -2.20. The summed E-state index contributed by atoms with van der Waals surface area (Å²) in [6.07, 6.45) is 0.243. The molecule has 0 bridgehead atoms. The van der Waals surface area contributed by atoms with E-state index in [9.17, 15) is 9.18 Å². The highest BCUT2D eigenvalue weighted by atomic mass is 19.1. The monoisotopic (exact) mass is 238 g/mol. The third-order valence-electron chi connectivity index (χ3n) is 2.34. The molecule has 0 radical (unpaired) electrons. The molecule has 1 rings (SSSR count). The van der Waals surface area contributed by atoms with E-state index < -0.39 is 5.54 Å². The van der Waals surface area contributed by atoms with Gasteiger partial charge in [0.25, 0.3) is 0 Å². The Bertz CT molecular complexity index is 399. The third kappa shape index (κ3) is 4.95. The van der Waals surface area contributed by atoms with Gasteiger partial charge >= 0.3 is 0 Å². The lowest BCUT2D eigenvalue weighted by molar-refractivity contribution is -0.122. The first-order valence-electron chi connectivity index (χ1n) is 5.61. The van der Waals surface area contributed by atoms with E-state index in [1.54, 1.807) is 26.0 Å². The smallest absolute Gasteiger partial charge is 0.222 e. The van der Waals surface area contributed by atoms with Crippen LogP contribution in [0.2, 0.25) is 0 Å². The molecule has 0 saturated carbocycles. The molecule has 1 aromatic carbocycles. The highest BCUT2D eigenvalue weighted by molar-refractivity contribution is 5.77. The molecular formula is C13H19FN2O. The second-order valence-corrected chi connectivity index (χ2v) is 5.01. The van der Waals surface area contributed by atoms with E-state index in [0.29, 0.717) is 0 Å². The van der Waals surface area contributed by atoms with Gasteiger partial charge < -0.3 is 11.1 Å². The molecule has 1 amide bonds. The molecule has 94 valence electrons. The van der Waals surface area contributed by atoms with Crippen LogP contribution in [0.3, 0.4) is 0 Å². The normalized spacial score (nSPS) is 13.2. The second kappa shape index (κ2) is 5.27. The largest absolute Gasteiger partial charge is 0.350 e. The van der Waals surface area contributed by atoms with Gasteiger partial charge in [-0.25, -0.2) is 4.39 Å². The van der Waals surface area contributed by atoms with Gasteiger partial charge in [-0.15, -0.1) is 0 Å². The van der Waals surface area contributed by atoms with Crippen LogP contribution in [0.5, 0.6) is 0 Å². The molecule has 3 N–H and O–H groups in total. The van der Waals surface area contributed by atoms with Crippen LogP contribution in [0, 0.1) is 5.82 Å². The van der Waals surface area contributed by atoms with Crippen molar-refractivity contribution in [2.75, 3.05) is 0 Å². The summed E-state index contributed by atoms with van der Waals surface area (Å²) in [6, 6.07) is 5.97. The van der Waals surface area contributed by atoms with Crippen molar-refractivity contribution in [3.63, 3.8) is 0 Å². The summed E-state index contributed by atoms with van der Waals surface area (Å²) in [7, 11) is 0. The van der Waals surface area contributed by atoms with Crippen molar-refractivity contribution in [2.45, 2.75) is 38.8 Å². The number of carbonyl (C=O) groups excluding carboxylic acids is 1. The second-order valence-electron chi connectivity index (χ2n) is 5.01. The molecule has 0 aliphatic rings. The molecule has 0 heterocycles. The number of nitrogens with two attached hydrogens (primary N) is 1. The molecule has 0 spiro atoms. The van der Waals surface area contributed by atoms with Gasteiger partial charge in [-0.2, -0.15) is 0 Å². The maximum absolute atomic E-state index is 13.0. The number of nitrogens with one attached hydrogen (secondary N) is 1. The zero-order chi connectivity index (χ0) is 13.1. The Morgan fingerprint density at radius 3 is 2.71 bits per heavy atom. The average molecular weight is 238 g/mol. The van der Waals surface area contributed by atoms with Crippen LogP contribution in [0.25, 0.3) is 0 Å². The average Bonchev–Trinajstić information content (AvgIpc) is 2.14. The van der Waals surface area contributed by atoms with E-state index in [1.807, 2.05) is 6.92 Å². The number of carbonyl (C=O) groups is 1. The first-order valence-corrected chi connectivity index (χ1v) is 5.61. The van der Waals surface area contributed by atoms with E-state index in [-0.39, 0.29) is 24.2 Å². The maximum atomic E-state index is 13.0. The van der Waals surface area contributed by atoms with Gasteiger partial charge in [-0.3, -0.25) is 4.79 Å². The minimum atomic E-state index is -0.536. The SMILES string of the molecule is C[C@H](NC(=O)CC(C)(C)N)c1cccc(F)c1. The van der Waals surface area contributed by atoms with E-state index >= 15 is 0 Å². The fourth-order valence-corrected chi connectivity index (χ4v) is 1.57. The van der Waals surface area contributed by atoms with Crippen molar-refractivity contribution in [3.05, 3.63) is 35.6 Å². The van der Waals surface area contributed by atoms with E-state index in [1.165, 1.54) is 12.1 Å². The standard InChI is InChI=1S/C13H19FN2O/c1-9(10-5-4-6-11(14)7-10)16-12(17)8-13(2,3)15/h4-7,9H,8,15H2,1-3H3,(H,16,17)/t9-/m0/s1. The molecular weight excluding hydrogens is 219 g/mol. The van der Waals surface area contributed by atoms with Crippen LogP contribution >= 0.6 is 0 Å². The number of halogens is 1. The molecule has 0 saturated heterocycles. The van der Waals surface area contributed by atoms with Gasteiger partial charge in [0.15, 0.2) is 0 Å². The predicted octanol–water partition coefficient (Wildman–Crippen LogP) is 2.13. The summed E-state index contributed by atoms with van der Waals surface area (Å²) >= 11 is 0. The Balaban J connectivity index is 2.61. The quantitative estimate of drug-likeness (QED) is 0.844. The van der Waals surface area contributed by atoms with Gasteiger partial charge in [0, 0.05) is 12.0 Å². The molecule has 0 unspecified atom stereocenters. The van der Waals surface area contributed by atoms with Gasteiger partial charge in [0.1, 0.15) is 5.82 Å². The number of amides is 1. The fourth-order valence-electron chi connectivity index (χ4n) is 1.57. The molecule has 0 aliphatic carbocycles. The molecule has 1 atom stereocenters. The maximum Gasteiger partial charge on any atom is 0.222 e. The Morgan fingerprint density at radius 1 is 1.53 bits per heavy atom. The minimum absolute atomic E-state index is 0.130. The Kier molecular flexibility index (Phi) is 4.23. The first-order chi connectivity index (χ1) is 7.78. The number of rotatable bonds is 4. The predicted molar refractivity (Wildman–Crippen MR) is 65.8 cm³/mol. The van der Waals surface area contributed by atoms with Crippen LogP contribution < -0.4 is 11.1 Å². The van der Waals surface area contributed by atoms with E-state index in [2.05, 4.69) is 5.32 Å². The van der Waals surface area contributed by atoms with Crippen molar-refractivity contribution in [3.8, 4) is 0 Å². The zero-order valence-electron chi connectivity index (χ0n) is 10.5. The zero-order valence-corrected chi connectivity index (χ0v) is 10.5.